The molecule has 0 saturated heterocycles. The molecule has 3 nitrogen and oxygen atoms in total. The average molecular weight is 281 g/mol. The monoisotopic (exact) mass is 281 g/mol. The van der Waals surface area contributed by atoms with E-state index in [9.17, 15) is 18.0 Å². The second kappa shape index (κ2) is 5.32. The number of hydrogen-bond donors (Lipinski definition) is 1. The van der Waals surface area contributed by atoms with Gasteiger partial charge in [0.15, 0.2) is 0 Å². The van der Waals surface area contributed by atoms with Crippen LogP contribution in [0.2, 0.25) is 0 Å². The summed E-state index contributed by atoms with van der Waals surface area (Å²) in [6, 6.07) is 7.86. The van der Waals surface area contributed by atoms with Gasteiger partial charge in [-0.1, -0.05) is 18.2 Å². The molecule has 104 valence electrons. The molecule has 1 aromatic heterocycles. The zero-order chi connectivity index (χ0) is 14.8. The molecule has 0 aliphatic heterocycles. The van der Waals surface area contributed by atoms with Gasteiger partial charge in [0.2, 0.25) is 0 Å². The molecule has 0 unspecified atom stereocenters. The summed E-state index contributed by atoms with van der Waals surface area (Å²) in [5.74, 6) is -1.09. The van der Waals surface area contributed by atoms with Crippen LogP contribution in [0.4, 0.5) is 13.2 Å². The van der Waals surface area contributed by atoms with Crippen LogP contribution in [0.25, 0.3) is 11.1 Å². The van der Waals surface area contributed by atoms with E-state index in [1.165, 1.54) is 18.3 Å². The standard InChI is InChI=1S/C14H10F3NO2/c15-14(16,17)10-4-1-3-9(7-10)11-5-2-6-18-12(11)8-13(19)20/h1-7H,8H2,(H,19,20). The van der Waals surface area contributed by atoms with Crippen molar-refractivity contribution in [3.8, 4) is 11.1 Å². The van der Waals surface area contributed by atoms with Crippen molar-refractivity contribution in [2.75, 3.05) is 0 Å². The summed E-state index contributed by atoms with van der Waals surface area (Å²) >= 11 is 0. The molecule has 0 fully saturated rings. The maximum Gasteiger partial charge on any atom is 0.416 e. The number of nitrogens with zero attached hydrogens (tertiary/aromatic N) is 1. The molecule has 1 aromatic carbocycles. The highest BCUT2D eigenvalue weighted by Crippen LogP contribution is 2.32. The molecule has 0 aliphatic carbocycles. The molecule has 0 amide bonds. The third-order valence-electron chi connectivity index (χ3n) is 2.71. The summed E-state index contributed by atoms with van der Waals surface area (Å²) in [6.45, 7) is 0. The van der Waals surface area contributed by atoms with Gasteiger partial charge in [0.1, 0.15) is 0 Å². The first-order valence-electron chi connectivity index (χ1n) is 5.71. The van der Waals surface area contributed by atoms with Gasteiger partial charge in [-0.2, -0.15) is 13.2 Å². The number of carbonyl (C=O) groups is 1. The second-order valence-corrected chi connectivity index (χ2v) is 4.15. The Hall–Kier alpha value is -2.37. The smallest absolute Gasteiger partial charge is 0.416 e. The van der Waals surface area contributed by atoms with E-state index in [2.05, 4.69) is 4.98 Å². The Morgan fingerprint density at radius 3 is 2.60 bits per heavy atom. The summed E-state index contributed by atoms with van der Waals surface area (Å²) in [6.07, 6.45) is -3.37. The number of carboxylic acids is 1. The number of aromatic nitrogens is 1. The van der Waals surface area contributed by atoms with Crippen LogP contribution in [0.1, 0.15) is 11.3 Å². The van der Waals surface area contributed by atoms with E-state index in [0.717, 1.165) is 12.1 Å². The first-order valence-corrected chi connectivity index (χ1v) is 5.71. The summed E-state index contributed by atoms with van der Waals surface area (Å²) in [7, 11) is 0. The van der Waals surface area contributed by atoms with Gasteiger partial charge in [0, 0.05) is 11.8 Å². The highest BCUT2D eigenvalue weighted by Gasteiger charge is 2.30. The molecule has 0 radical (unpaired) electrons. The van der Waals surface area contributed by atoms with E-state index in [1.807, 2.05) is 0 Å². The zero-order valence-electron chi connectivity index (χ0n) is 10.2. The Morgan fingerprint density at radius 2 is 1.95 bits per heavy atom. The number of halogens is 3. The van der Waals surface area contributed by atoms with Gasteiger partial charge in [-0.25, -0.2) is 0 Å². The molecule has 0 aliphatic rings. The number of rotatable bonds is 3. The van der Waals surface area contributed by atoms with Crippen LogP contribution in [0, 0.1) is 0 Å². The van der Waals surface area contributed by atoms with Crippen molar-refractivity contribution in [3.05, 3.63) is 53.9 Å². The number of carboxylic acid groups (broad SMARTS) is 1. The fourth-order valence-corrected chi connectivity index (χ4v) is 1.85. The number of alkyl halides is 3. The van der Waals surface area contributed by atoms with Crippen LogP contribution in [0.3, 0.4) is 0 Å². The van der Waals surface area contributed by atoms with Crippen molar-refractivity contribution in [3.63, 3.8) is 0 Å². The van der Waals surface area contributed by atoms with Crippen LogP contribution in [-0.2, 0) is 17.4 Å². The lowest BCUT2D eigenvalue weighted by atomic mass is 10.00. The lowest BCUT2D eigenvalue weighted by Crippen LogP contribution is -2.06. The van der Waals surface area contributed by atoms with Gasteiger partial charge in [0.25, 0.3) is 0 Å². The highest BCUT2D eigenvalue weighted by atomic mass is 19.4. The quantitative estimate of drug-likeness (QED) is 0.938. The SMILES string of the molecule is O=C(O)Cc1ncccc1-c1cccc(C(F)(F)F)c1. The molecule has 0 saturated carbocycles. The van der Waals surface area contributed by atoms with Crippen LogP contribution in [0.15, 0.2) is 42.6 Å². The Kier molecular flexibility index (Phi) is 3.74. The molecule has 1 heterocycles. The average Bonchev–Trinajstić information content (AvgIpc) is 2.38. The largest absolute Gasteiger partial charge is 0.481 e. The first kappa shape index (κ1) is 14.0. The van der Waals surface area contributed by atoms with Crippen LogP contribution in [0.5, 0.6) is 0 Å². The normalized spacial score (nSPS) is 11.3. The van der Waals surface area contributed by atoms with Crippen molar-refractivity contribution in [2.24, 2.45) is 0 Å². The maximum atomic E-state index is 12.7. The highest BCUT2D eigenvalue weighted by molar-refractivity contribution is 5.75. The third kappa shape index (κ3) is 3.14. The number of benzene rings is 1. The molecule has 0 atom stereocenters. The van der Waals surface area contributed by atoms with Crippen molar-refractivity contribution < 1.29 is 23.1 Å². The van der Waals surface area contributed by atoms with Gasteiger partial charge >= 0.3 is 12.1 Å². The molecular formula is C14H10F3NO2. The summed E-state index contributed by atoms with van der Waals surface area (Å²) in [4.78, 5) is 14.7. The molecule has 1 N–H and O–H groups in total. The summed E-state index contributed by atoms with van der Waals surface area (Å²) < 4.78 is 38.1. The van der Waals surface area contributed by atoms with E-state index < -0.39 is 17.7 Å². The van der Waals surface area contributed by atoms with Gasteiger partial charge in [-0.3, -0.25) is 9.78 Å². The Morgan fingerprint density at radius 1 is 1.20 bits per heavy atom. The fourth-order valence-electron chi connectivity index (χ4n) is 1.85. The Bertz CT molecular complexity index is 638. The van der Waals surface area contributed by atoms with E-state index in [0.29, 0.717) is 11.1 Å². The first-order chi connectivity index (χ1) is 9.38. The topological polar surface area (TPSA) is 50.2 Å². The molecule has 2 rings (SSSR count). The van der Waals surface area contributed by atoms with Crippen molar-refractivity contribution in [2.45, 2.75) is 12.6 Å². The van der Waals surface area contributed by atoms with Crippen LogP contribution in [-0.4, -0.2) is 16.1 Å². The molecule has 20 heavy (non-hydrogen) atoms. The van der Waals surface area contributed by atoms with Crippen molar-refractivity contribution in [1.82, 2.24) is 4.98 Å². The minimum Gasteiger partial charge on any atom is -0.481 e. The van der Waals surface area contributed by atoms with Crippen LogP contribution < -0.4 is 0 Å². The number of pyridine rings is 1. The summed E-state index contributed by atoms with van der Waals surface area (Å²) in [5.41, 5.74) is 0.143. The lowest BCUT2D eigenvalue weighted by Gasteiger charge is -2.10. The number of aliphatic carboxylic acids is 1. The Labute approximate surface area is 112 Å². The minimum absolute atomic E-state index is 0.235. The fraction of sp³-hybridized carbons (Fsp3) is 0.143. The van der Waals surface area contributed by atoms with E-state index in [4.69, 9.17) is 5.11 Å². The molecule has 0 bridgehead atoms. The van der Waals surface area contributed by atoms with Crippen LogP contribution >= 0.6 is 0 Å². The zero-order valence-corrected chi connectivity index (χ0v) is 10.2. The van der Waals surface area contributed by atoms with Crippen molar-refractivity contribution in [1.29, 1.82) is 0 Å². The molecule has 2 aromatic rings. The van der Waals surface area contributed by atoms with Gasteiger partial charge < -0.3 is 5.11 Å². The third-order valence-corrected chi connectivity index (χ3v) is 2.71. The second-order valence-electron chi connectivity index (χ2n) is 4.15. The molecule has 6 heteroatoms. The predicted molar refractivity (Wildman–Crippen MR) is 66.0 cm³/mol. The van der Waals surface area contributed by atoms with E-state index in [1.54, 1.807) is 12.1 Å². The number of hydrogen-bond acceptors (Lipinski definition) is 2. The molecule has 0 spiro atoms. The Balaban J connectivity index is 2.49. The summed E-state index contributed by atoms with van der Waals surface area (Å²) in [5, 5.41) is 8.80. The molecular weight excluding hydrogens is 271 g/mol. The predicted octanol–water partition coefficient (Wildman–Crippen LogP) is 3.39. The van der Waals surface area contributed by atoms with E-state index >= 15 is 0 Å². The van der Waals surface area contributed by atoms with Crippen molar-refractivity contribution >= 4 is 5.97 Å². The van der Waals surface area contributed by atoms with E-state index in [-0.39, 0.29) is 12.1 Å². The van der Waals surface area contributed by atoms with Gasteiger partial charge in [0.05, 0.1) is 17.7 Å². The maximum absolute atomic E-state index is 12.7. The van der Waals surface area contributed by atoms with Gasteiger partial charge in [-0.05, 0) is 23.8 Å². The lowest BCUT2D eigenvalue weighted by molar-refractivity contribution is -0.138. The minimum atomic E-state index is -4.44. The van der Waals surface area contributed by atoms with Gasteiger partial charge in [-0.15, -0.1) is 0 Å².